The fourth-order valence-corrected chi connectivity index (χ4v) is 8.17. The van der Waals surface area contributed by atoms with Gasteiger partial charge in [-0.1, -0.05) is 30.3 Å². The van der Waals surface area contributed by atoms with Gasteiger partial charge in [0.1, 0.15) is 5.60 Å². The summed E-state index contributed by atoms with van der Waals surface area (Å²) < 4.78 is 6.74. The molecule has 2 aliphatic heterocycles. The van der Waals surface area contributed by atoms with E-state index >= 15 is 0 Å². The zero-order valence-electron chi connectivity index (χ0n) is 10.2. The van der Waals surface area contributed by atoms with Gasteiger partial charge in [0.05, 0.1) is 6.10 Å². The predicted molar refractivity (Wildman–Crippen MR) is 65.5 cm³/mol. The number of rotatable bonds is 1. The molecule has 7 aliphatic rings. The van der Waals surface area contributed by atoms with Gasteiger partial charge in [-0.25, -0.2) is 0 Å². The van der Waals surface area contributed by atoms with Gasteiger partial charge in [-0.05, 0) is 47.5 Å². The van der Waals surface area contributed by atoms with Crippen LogP contribution >= 0.6 is 0 Å². The van der Waals surface area contributed by atoms with Gasteiger partial charge in [-0.3, -0.25) is 0 Å². The van der Waals surface area contributed by atoms with Crippen LogP contribution in [-0.4, -0.2) is 6.10 Å². The molecule has 0 N–H and O–H groups in total. The highest BCUT2D eigenvalue weighted by molar-refractivity contribution is 5.44. The number of ether oxygens (including phenoxy) is 1. The fraction of sp³-hybridized carbons (Fsp3) is 0.647. The lowest BCUT2D eigenvalue weighted by molar-refractivity contribution is -0.0356. The van der Waals surface area contributed by atoms with Gasteiger partial charge in [0.25, 0.3) is 0 Å². The molecule has 0 amide bonds. The van der Waals surface area contributed by atoms with Crippen LogP contribution < -0.4 is 0 Å². The zero-order chi connectivity index (χ0) is 11.2. The standard InChI is InChI=1S/C17H16O/c1-2-4-7(5-3-1)17-14-9-6-8-10-11(9)15(17)13(10)16(18-17)12(8)14/h1-5,8-16H,6H2. The maximum atomic E-state index is 6.74. The van der Waals surface area contributed by atoms with Gasteiger partial charge in [-0.2, -0.15) is 0 Å². The molecular formula is C17H16O. The van der Waals surface area contributed by atoms with E-state index in [0.717, 1.165) is 47.3 Å². The third-order valence-electron chi connectivity index (χ3n) is 7.93. The first kappa shape index (κ1) is 8.37. The summed E-state index contributed by atoms with van der Waals surface area (Å²) in [7, 11) is 0. The van der Waals surface area contributed by atoms with Crippen molar-refractivity contribution in [1.29, 1.82) is 0 Å². The third kappa shape index (κ3) is 0.499. The second-order valence-corrected chi connectivity index (χ2v) is 7.67. The van der Waals surface area contributed by atoms with Crippen LogP contribution in [-0.2, 0) is 10.3 Å². The highest BCUT2D eigenvalue weighted by atomic mass is 16.5. The van der Waals surface area contributed by atoms with Crippen LogP contribution in [0.15, 0.2) is 30.3 Å². The van der Waals surface area contributed by atoms with Crippen molar-refractivity contribution >= 4 is 0 Å². The lowest BCUT2D eigenvalue weighted by atomic mass is 9.56. The Bertz CT molecular complexity index is 585. The van der Waals surface area contributed by atoms with E-state index in [9.17, 15) is 0 Å². The van der Waals surface area contributed by atoms with Gasteiger partial charge in [-0.15, -0.1) is 0 Å². The predicted octanol–water partition coefficient (Wildman–Crippen LogP) is 2.67. The Hall–Kier alpha value is -0.820. The molecule has 18 heavy (non-hydrogen) atoms. The highest BCUT2D eigenvalue weighted by Gasteiger charge is 2.92. The summed E-state index contributed by atoms with van der Waals surface area (Å²) in [6.45, 7) is 0. The monoisotopic (exact) mass is 236 g/mol. The first-order valence-electron chi connectivity index (χ1n) is 7.66. The van der Waals surface area contributed by atoms with E-state index < -0.39 is 0 Å². The molecule has 10 unspecified atom stereocenters. The molecule has 1 aromatic rings. The molecule has 1 heteroatoms. The van der Waals surface area contributed by atoms with Crippen LogP contribution in [0.1, 0.15) is 12.0 Å². The quantitative estimate of drug-likeness (QED) is 0.728. The van der Waals surface area contributed by atoms with Crippen molar-refractivity contribution in [3.63, 3.8) is 0 Å². The van der Waals surface area contributed by atoms with Gasteiger partial charge in [0.15, 0.2) is 0 Å². The Kier molecular flexibility index (Phi) is 0.975. The van der Waals surface area contributed by atoms with Gasteiger partial charge >= 0.3 is 0 Å². The number of hydrogen-bond donors (Lipinski definition) is 0. The second-order valence-electron chi connectivity index (χ2n) is 7.67. The molecule has 2 heterocycles. The van der Waals surface area contributed by atoms with Crippen LogP contribution in [0.2, 0.25) is 0 Å². The first-order valence-corrected chi connectivity index (χ1v) is 7.66. The van der Waals surface area contributed by atoms with Crippen molar-refractivity contribution in [1.82, 2.24) is 0 Å². The smallest absolute Gasteiger partial charge is 0.100 e. The maximum Gasteiger partial charge on any atom is 0.100 e. The Morgan fingerprint density at radius 2 is 1.78 bits per heavy atom. The molecular weight excluding hydrogens is 220 g/mol. The summed E-state index contributed by atoms with van der Waals surface area (Å²) in [5.74, 6) is 8.01. The zero-order valence-corrected chi connectivity index (χ0v) is 10.2. The molecule has 4 bridgehead atoms. The van der Waals surface area contributed by atoms with Crippen molar-refractivity contribution in [3.8, 4) is 0 Å². The minimum atomic E-state index is 0.179. The molecule has 8 rings (SSSR count). The average molecular weight is 236 g/mol. The molecule has 10 atom stereocenters. The minimum absolute atomic E-state index is 0.179. The van der Waals surface area contributed by atoms with Gasteiger partial charge < -0.3 is 4.74 Å². The van der Waals surface area contributed by atoms with Crippen molar-refractivity contribution in [3.05, 3.63) is 35.9 Å². The van der Waals surface area contributed by atoms with Crippen LogP contribution in [0.5, 0.6) is 0 Å². The van der Waals surface area contributed by atoms with E-state index in [0.29, 0.717) is 6.10 Å². The highest BCUT2D eigenvalue weighted by Crippen LogP contribution is 2.92. The topological polar surface area (TPSA) is 9.23 Å². The third-order valence-corrected chi connectivity index (χ3v) is 7.93. The van der Waals surface area contributed by atoms with Gasteiger partial charge in [0, 0.05) is 11.8 Å². The van der Waals surface area contributed by atoms with E-state index in [4.69, 9.17) is 4.74 Å². The first-order chi connectivity index (χ1) is 8.93. The van der Waals surface area contributed by atoms with E-state index in [1.807, 2.05) is 0 Å². The van der Waals surface area contributed by atoms with Crippen LogP contribution in [0.4, 0.5) is 0 Å². The van der Waals surface area contributed by atoms with Crippen LogP contribution in [0, 0.1) is 47.3 Å². The average Bonchev–Trinajstić information content (AvgIpc) is 3.01. The van der Waals surface area contributed by atoms with Crippen LogP contribution in [0.3, 0.4) is 0 Å². The van der Waals surface area contributed by atoms with E-state index in [-0.39, 0.29) is 5.60 Å². The number of hydrogen-bond acceptors (Lipinski definition) is 1. The molecule has 5 aliphatic carbocycles. The van der Waals surface area contributed by atoms with Crippen molar-refractivity contribution < 1.29 is 4.74 Å². The molecule has 5 saturated carbocycles. The molecule has 2 saturated heterocycles. The molecule has 90 valence electrons. The summed E-state index contributed by atoms with van der Waals surface area (Å²) in [5, 5.41) is 0. The summed E-state index contributed by atoms with van der Waals surface area (Å²) >= 11 is 0. The lowest BCUT2D eigenvalue weighted by Crippen LogP contribution is -2.47. The van der Waals surface area contributed by atoms with E-state index in [1.54, 1.807) is 6.42 Å². The second kappa shape index (κ2) is 2.10. The summed E-state index contributed by atoms with van der Waals surface area (Å²) in [5.41, 5.74) is 1.70. The molecule has 1 aromatic carbocycles. The van der Waals surface area contributed by atoms with Crippen molar-refractivity contribution in [2.24, 2.45) is 47.3 Å². The van der Waals surface area contributed by atoms with Crippen molar-refractivity contribution in [2.75, 3.05) is 0 Å². The summed E-state index contributed by atoms with van der Waals surface area (Å²) in [6, 6.07) is 11.2. The Morgan fingerprint density at radius 1 is 0.889 bits per heavy atom. The van der Waals surface area contributed by atoms with E-state index in [2.05, 4.69) is 30.3 Å². The lowest BCUT2D eigenvalue weighted by Gasteiger charge is -2.46. The van der Waals surface area contributed by atoms with Crippen molar-refractivity contribution in [2.45, 2.75) is 18.1 Å². The Labute approximate surface area is 107 Å². The van der Waals surface area contributed by atoms with E-state index in [1.165, 1.54) is 5.56 Å². The summed E-state index contributed by atoms with van der Waals surface area (Å²) in [6.07, 6.45) is 2.23. The largest absolute Gasteiger partial charge is 0.366 e. The van der Waals surface area contributed by atoms with Gasteiger partial charge in [0.2, 0.25) is 0 Å². The SMILES string of the molecule is c1ccc(C23OC4C5C6CC(C7C6C4C72)C53)cc1. The Balaban J connectivity index is 1.58. The minimum Gasteiger partial charge on any atom is -0.366 e. The Morgan fingerprint density at radius 3 is 2.67 bits per heavy atom. The normalized spacial score (nSPS) is 70.6. The molecule has 7 fully saturated rings. The molecule has 0 spiro atoms. The fourth-order valence-electron chi connectivity index (χ4n) is 8.17. The number of benzene rings is 1. The molecule has 1 nitrogen and oxygen atoms in total. The molecule has 0 aromatic heterocycles. The summed E-state index contributed by atoms with van der Waals surface area (Å²) in [4.78, 5) is 0. The van der Waals surface area contributed by atoms with Crippen LogP contribution in [0.25, 0.3) is 0 Å². The molecule has 0 radical (unpaired) electrons. The maximum absolute atomic E-state index is 6.74.